The van der Waals surface area contributed by atoms with Crippen LogP contribution in [0.3, 0.4) is 0 Å². The third kappa shape index (κ3) is 3.36. The number of rotatable bonds is 3. The molecule has 4 heteroatoms. The molecule has 0 radical (unpaired) electrons. The molecule has 108 valence electrons. The maximum absolute atomic E-state index is 4.94. The number of hydrogen-bond acceptors (Lipinski definition) is 4. The lowest BCUT2D eigenvalue weighted by atomic mass is 9.87. The molecule has 1 aromatic rings. The van der Waals surface area contributed by atoms with Crippen LogP contribution in [-0.4, -0.2) is 37.1 Å². The smallest absolute Gasteiger partial charge is 0.0982 e. The molecule has 2 atom stereocenters. The highest BCUT2D eigenvalue weighted by Gasteiger charge is 2.32. The summed E-state index contributed by atoms with van der Waals surface area (Å²) in [5, 5.41) is 6.87. The van der Waals surface area contributed by atoms with Crippen LogP contribution >= 0.6 is 11.3 Å². The van der Waals surface area contributed by atoms with Gasteiger partial charge in [0.1, 0.15) is 0 Å². The fourth-order valence-electron chi connectivity index (χ4n) is 2.97. The SMILES string of the molecule is CNCC1CCCN(C)C1c1csc(C(C)(C)C)n1. The topological polar surface area (TPSA) is 28.2 Å². The van der Waals surface area contributed by atoms with Crippen molar-refractivity contribution in [3.8, 4) is 0 Å². The Balaban J connectivity index is 2.23. The molecule has 2 rings (SSSR count). The van der Waals surface area contributed by atoms with Crippen molar-refractivity contribution in [2.75, 3.05) is 27.2 Å². The summed E-state index contributed by atoms with van der Waals surface area (Å²) in [6.45, 7) is 8.99. The molecule has 3 nitrogen and oxygen atoms in total. The summed E-state index contributed by atoms with van der Waals surface area (Å²) in [5.74, 6) is 0.679. The van der Waals surface area contributed by atoms with Crippen molar-refractivity contribution < 1.29 is 0 Å². The van der Waals surface area contributed by atoms with Gasteiger partial charge in [-0.25, -0.2) is 4.98 Å². The highest BCUT2D eigenvalue weighted by Crippen LogP contribution is 2.36. The van der Waals surface area contributed by atoms with Crippen molar-refractivity contribution >= 4 is 11.3 Å². The van der Waals surface area contributed by atoms with E-state index in [-0.39, 0.29) is 5.41 Å². The summed E-state index contributed by atoms with van der Waals surface area (Å²) in [7, 11) is 4.29. The number of hydrogen-bond donors (Lipinski definition) is 1. The van der Waals surface area contributed by atoms with Crippen molar-refractivity contribution in [3.63, 3.8) is 0 Å². The van der Waals surface area contributed by atoms with Crippen molar-refractivity contribution in [3.05, 3.63) is 16.1 Å². The average molecular weight is 281 g/mol. The molecule has 1 aliphatic rings. The van der Waals surface area contributed by atoms with E-state index in [0.717, 1.165) is 6.54 Å². The molecule has 0 amide bonds. The van der Waals surface area contributed by atoms with Crippen LogP contribution in [0.2, 0.25) is 0 Å². The normalized spacial score (nSPS) is 25.7. The Morgan fingerprint density at radius 2 is 2.21 bits per heavy atom. The van der Waals surface area contributed by atoms with Gasteiger partial charge in [0.2, 0.25) is 0 Å². The molecule has 2 unspecified atom stereocenters. The van der Waals surface area contributed by atoms with Crippen molar-refractivity contribution in [1.82, 2.24) is 15.2 Å². The molecule has 1 fully saturated rings. The Hall–Kier alpha value is -0.450. The largest absolute Gasteiger partial charge is 0.319 e. The van der Waals surface area contributed by atoms with Crippen molar-refractivity contribution in [1.29, 1.82) is 0 Å². The van der Waals surface area contributed by atoms with E-state index in [2.05, 4.69) is 43.4 Å². The Morgan fingerprint density at radius 3 is 2.79 bits per heavy atom. The van der Waals surface area contributed by atoms with Crippen LogP contribution in [-0.2, 0) is 5.41 Å². The first kappa shape index (κ1) is 14.9. The summed E-state index contributed by atoms with van der Waals surface area (Å²) >= 11 is 1.81. The number of aromatic nitrogens is 1. The molecule has 0 aliphatic carbocycles. The minimum absolute atomic E-state index is 0.161. The molecule has 0 spiro atoms. The van der Waals surface area contributed by atoms with Crippen LogP contribution in [0, 0.1) is 5.92 Å². The van der Waals surface area contributed by atoms with Gasteiger partial charge in [0.15, 0.2) is 0 Å². The van der Waals surface area contributed by atoms with Gasteiger partial charge in [0.25, 0.3) is 0 Å². The monoisotopic (exact) mass is 281 g/mol. The third-order valence-electron chi connectivity index (χ3n) is 3.94. The highest BCUT2D eigenvalue weighted by atomic mass is 32.1. The van der Waals surface area contributed by atoms with Gasteiger partial charge in [0, 0.05) is 10.8 Å². The summed E-state index contributed by atoms with van der Waals surface area (Å²) in [6.07, 6.45) is 2.60. The zero-order valence-corrected chi connectivity index (χ0v) is 13.7. The molecule has 0 bridgehead atoms. The molecule has 1 aromatic heterocycles. The van der Waals surface area contributed by atoms with Gasteiger partial charge in [-0.2, -0.15) is 0 Å². The Morgan fingerprint density at radius 1 is 1.47 bits per heavy atom. The maximum Gasteiger partial charge on any atom is 0.0982 e. The fourth-order valence-corrected chi connectivity index (χ4v) is 3.91. The molecule has 2 heterocycles. The molecule has 1 N–H and O–H groups in total. The summed E-state index contributed by atoms with van der Waals surface area (Å²) in [4.78, 5) is 7.42. The fraction of sp³-hybridized carbons (Fsp3) is 0.800. The summed E-state index contributed by atoms with van der Waals surface area (Å²) < 4.78 is 0. The van der Waals surface area contributed by atoms with Gasteiger partial charge in [-0.15, -0.1) is 11.3 Å². The standard InChI is InChI=1S/C15H27N3S/c1-15(2,3)14-17-12(10-19-14)13-11(9-16-4)7-6-8-18(13)5/h10-11,13,16H,6-9H2,1-5H3. The maximum atomic E-state index is 4.94. The van der Waals surface area contributed by atoms with Gasteiger partial charge < -0.3 is 5.32 Å². The van der Waals surface area contributed by atoms with Crippen LogP contribution in [0.1, 0.15) is 50.4 Å². The van der Waals surface area contributed by atoms with Gasteiger partial charge >= 0.3 is 0 Å². The number of nitrogens with one attached hydrogen (secondary N) is 1. The first-order valence-corrected chi connectivity index (χ1v) is 8.12. The Bertz CT molecular complexity index is 406. The quantitative estimate of drug-likeness (QED) is 0.923. The van der Waals surface area contributed by atoms with Crippen LogP contribution in [0.15, 0.2) is 5.38 Å². The van der Waals surface area contributed by atoms with E-state index in [1.54, 1.807) is 0 Å². The van der Waals surface area contributed by atoms with E-state index in [1.807, 2.05) is 18.4 Å². The van der Waals surface area contributed by atoms with E-state index in [0.29, 0.717) is 12.0 Å². The van der Waals surface area contributed by atoms with Crippen LogP contribution < -0.4 is 5.32 Å². The van der Waals surface area contributed by atoms with E-state index < -0.39 is 0 Å². The summed E-state index contributed by atoms with van der Waals surface area (Å²) in [5.41, 5.74) is 1.44. The molecule has 19 heavy (non-hydrogen) atoms. The Kier molecular flexibility index (Phi) is 4.64. The lowest BCUT2D eigenvalue weighted by molar-refractivity contribution is 0.118. The van der Waals surface area contributed by atoms with Gasteiger partial charge in [0.05, 0.1) is 16.7 Å². The Labute approximate surface area is 121 Å². The average Bonchev–Trinajstić information content (AvgIpc) is 2.78. The third-order valence-corrected chi connectivity index (χ3v) is 5.23. The van der Waals surface area contributed by atoms with E-state index in [9.17, 15) is 0 Å². The molecule has 0 aromatic carbocycles. The van der Waals surface area contributed by atoms with E-state index in [4.69, 9.17) is 4.98 Å². The van der Waals surface area contributed by atoms with Crippen LogP contribution in [0.4, 0.5) is 0 Å². The second-order valence-electron chi connectivity index (χ2n) is 6.71. The molecular weight excluding hydrogens is 254 g/mol. The van der Waals surface area contributed by atoms with Gasteiger partial charge in [-0.05, 0) is 45.9 Å². The zero-order chi connectivity index (χ0) is 14.0. The first-order valence-electron chi connectivity index (χ1n) is 7.24. The van der Waals surface area contributed by atoms with Crippen LogP contribution in [0.25, 0.3) is 0 Å². The molecule has 1 aliphatic heterocycles. The lowest BCUT2D eigenvalue weighted by Gasteiger charge is -2.38. The number of piperidine rings is 1. The lowest BCUT2D eigenvalue weighted by Crippen LogP contribution is -2.40. The summed E-state index contributed by atoms with van der Waals surface area (Å²) in [6, 6.07) is 0.480. The van der Waals surface area contributed by atoms with E-state index >= 15 is 0 Å². The van der Waals surface area contributed by atoms with Gasteiger partial charge in [-0.3, -0.25) is 4.90 Å². The number of thiazole rings is 1. The molecule has 0 saturated carbocycles. The minimum Gasteiger partial charge on any atom is -0.319 e. The van der Waals surface area contributed by atoms with Crippen molar-refractivity contribution in [2.45, 2.75) is 45.1 Å². The minimum atomic E-state index is 0.161. The molecular formula is C15H27N3S. The van der Waals surface area contributed by atoms with E-state index in [1.165, 1.54) is 30.1 Å². The van der Waals surface area contributed by atoms with Crippen LogP contribution in [0.5, 0.6) is 0 Å². The zero-order valence-electron chi connectivity index (χ0n) is 12.9. The second kappa shape index (κ2) is 5.90. The predicted octanol–water partition coefficient (Wildman–Crippen LogP) is 3.04. The molecule has 1 saturated heterocycles. The van der Waals surface area contributed by atoms with Crippen molar-refractivity contribution in [2.24, 2.45) is 5.92 Å². The highest BCUT2D eigenvalue weighted by molar-refractivity contribution is 7.09. The second-order valence-corrected chi connectivity index (χ2v) is 7.57. The van der Waals surface area contributed by atoms with Gasteiger partial charge in [-0.1, -0.05) is 20.8 Å². The number of likely N-dealkylation sites (tertiary alicyclic amines) is 1. The first-order chi connectivity index (χ1) is 8.93. The predicted molar refractivity (Wildman–Crippen MR) is 82.8 cm³/mol. The number of nitrogens with zero attached hydrogens (tertiary/aromatic N) is 2.